The summed E-state index contributed by atoms with van der Waals surface area (Å²) in [5, 5.41) is 9.41. The van der Waals surface area contributed by atoms with Crippen LogP contribution >= 0.6 is 0 Å². The number of Topliss-reactive ketones (excluding diaryl/α,β-unsaturated/α-hetero) is 1. The van der Waals surface area contributed by atoms with E-state index in [0.717, 1.165) is 12.0 Å². The number of carbonyl (C=O) groups is 1. The molecule has 23 heavy (non-hydrogen) atoms. The van der Waals surface area contributed by atoms with Gasteiger partial charge in [0.1, 0.15) is 11.6 Å². The number of ketones is 1. The maximum absolute atomic E-state index is 12.9. The summed E-state index contributed by atoms with van der Waals surface area (Å²) in [4.78, 5) is 12.0. The van der Waals surface area contributed by atoms with Crippen molar-refractivity contribution in [3.05, 3.63) is 53.1 Å². The quantitative estimate of drug-likeness (QED) is 0.445. The fraction of sp³-hybridized carbons (Fsp3) is 0.421. The lowest BCUT2D eigenvalue weighted by Crippen LogP contribution is -2.09. The Bertz CT molecular complexity index is 542. The predicted octanol–water partition coefficient (Wildman–Crippen LogP) is 4.81. The summed E-state index contributed by atoms with van der Waals surface area (Å²) in [5.41, 5.74) is 1.65. The van der Waals surface area contributed by atoms with Crippen LogP contribution in [-0.2, 0) is 4.79 Å². The molecular weight excluding hydrogens is 295 g/mol. The highest BCUT2D eigenvalue weighted by molar-refractivity contribution is 5.94. The lowest BCUT2D eigenvalue weighted by molar-refractivity contribution is -0.117. The molecule has 0 saturated heterocycles. The first kappa shape index (κ1) is 21.1. The number of hydrogen-bond acceptors (Lipinski definition) is 3. The molecule has 1 N–H and O–H groups in total. The first-order valence-electron chi connectivity index (χ1n) is 7.99. The van der Waals surface area contributed by atoms with Gasteiger partial charge in [0.25, 0.3) is 0 Å². The van der Waals surface area contributed by atoms with Crippen LogP contribution in [0, 0.1) is 5.82 Å². The average molecular weight is 322 g/mol. The highest BCUT2D eigenvalue weighted by Gasteiger charge is 2.12. The van der Waals surface area contributed by atoms with E-state index >= 15 is 0 Å². The van der Waals surface area contributed by atoms with E-state index in [4.69, 9.17) is 4.74 Å². The summed E-state index contributed by atoms with van der Waals surface area (Å²) in [6.45, 7) is 9.45. The van der Waals surface area contributed by atoms with Gasteiger partial charge in [0.2, 0.25) is 0 Å². The summed E-state index contributed by atoms with van der Waals surface area (Å²) in [6, 6.07) is 5.45. The summed E-state index contributed by atoms with van der Waals surface area (Å²) in [6.07, 6.45) is 2.63. The number of aliphatic hydroxyl groups excluding tert-OH is 1. The molecule has 1 aromatic rings. The Kier molecular flexibility index (Phi) is 10.6. The fourth-order valence-corrected chi connectivity index (χ4v) is 1.66. The number of benzene rings is 1. The Hall–Kier alpha value is -1.94. The number of allylic oxidation sites excluding steroid dienone is 2. The molecule has 0 spiro atoms. The molecule has 4 heteroatoms. The minimum absolute atomic E-state index is 0.154. The molecular formula is C19H27FO3. The van der Waals surface area contributed by atoms with Gasteiger partial charge in [-0.05, 0) is 49.3 Å². The average Bonchev–Trinajstić information content (AvgIpc) is 2.60. The first-order valence-corrected chi connectivity index (χ1v) is 7.99. The zero-order chi connectivity index (χ0) is 17.8. The molecule has 0 heterocycles. The highest BCUT2D eigenvalue weighted by Crippen LogP contribution is 2.18. The second-order valence-corrected chi connectivity index (χ2v) is 4.66. The standard InChI is InChI=1S/C17H21FO3.C2H6/c1-4-12(3)13(11-19)10-17(16(20)5-2)21-15-8-6-14(18)7-9-15;1-2/h6-10,19H,4-5,11H2,1-3H3;1-2H3/b13-12?,17-10+;. The van der Waals surface area contributed by atoms with Gasteiger partial charge >= 0.3 is 0 Å². The summed E-state index contributed by atoms with van der Waals surface area (Å²) >= 11 is 0. The first-order chi connectivity index (χ1) is 11.0. The molecule has 0 aliphatic heterocycles. The Morgan fingerprint density at radius 2 is 1.74 bits per heavy atom. The largest absolute Gasteiger partial charge is 0.454 e. The third kappa shape index (κ3) is 7.24. The van der Waals surface area contributed by atoms with Gasteiger partial charge in [0.05, 0.1) is 6.61 Å². The van der Waals surface area contributed by atoms with Crippen molar-refractivity contribution in [2.24, 2.45) is 0 Å². The molecule has 0 aliphatic carbocycles. The van der Waals surface area contributed by atoms with E-state index in [2.05, 4.69) is 0 Å². The van der Waals surface area contributed by atoms with Crippen molar-refractivity contribution in [1.82, 2.24) is 0 Å². The van der Waals surface area contributed by atoms with E-state index in [9.17, 15) is 14.3 Å². The van der Waals surface area contributed by atoms with Crippen molar-refractivity contribution in [2.75, 3.05) is 6.61 Å². The molecule has 1 rings (SSSR count). The second kappa shape index (κ2) is 11.6. The van der Waals surface area contributed by atoms with Crippen molar-refractivity contribution in [3.63, 3.8) is 0 Å². The minimum Gasteiger partial charge on any atom is -0.454 e. The number of aliphatic hydroxyl groups is 1. The molecule has 0 aliphatic rings. The lowest BCUT2D eigenvalue weighted by atomic mass is 10.1. The molecule has 3 nitrogen and oxygen atoms in total. The van der Waals surface area contributed by atoms with Gasteiger partial charge in [-0.1, -0.05) is 33.3 Å². The van der Waals surface area contributed by atoms with Gasteiger partial charge in [0, 0.05) is 6.42 Å². The Balaban J connectivity index is 0.00000232. The zero-order valence-corrected chi connectivity index (χ0v) is 14.6. The minimum atomic E-state index is -0.368. The van der Waals surface area contributed by atoms with Crippen molar-refractivity contribution in [1.29, 1.82) is 0 Å². The van der Waals surface area contributed by atoms with Crippen molar-refractivity contribution < 1.29 is 19.0 Å². The lowest BCUT2D eigenvalue weighted by Gasteiger charge is -2.11. The van der Waals surface area contributed by atoms with Crippen LogP contribution in [0.15, 0.2) is 47.2 Å². The highest BCUT2D eigenvalue weighted by atomic mass is 19.1. The van der Waals surface area contributed by atoms with Gasteiger partial charge in [-0.25, -0.2) is 4.39 Å². The van der Waals surface area contributed by atoms with Crippen LogP contribution < -0.4 is 4.74 Å². The van der Waals surface area contributed by atoms with Crippen LogP contribution in [0.5, 0.6) is 5.75 Å². The maximum atomic E-state index is 12.9. The summed E-state index contributed by atoms with van der Waals surface area (Å²) in [7, 11) is 0. The van der Waals surface area contributed by atoms with Crippen LogP contribution in [0.3, 0.4) is 0 Å². The van der Waals surface area contributed by atoms with E-state index in [-0.39, 0.29) is 30.4 Å². The van der Waals surface area contributed by atoms with E-state index in [0.29, 0.717) is 11.3 Å². The number of hydrogen-bond donors (Lipinski definition) is 1. The van der Waals surface area contributed by atoms with E-state index < -0.39 is 0 Å². The zero-order valence-electron chi connectivity index (χ0n) is 14.6. The number of halogens is 1. The monoisotopic (exact) mass is 322 g/mol. The van der Waals surface area contributed by atoms with Crippen molar-refractivity contribution >= 4 is 5.78 Å². The van der Waals surface area contributed by atoms with Gasteiger partial charge in [-0.15, -0.1) is 0 Å². The van der Waals surface area contributed by atoms with Crippen LogP contribution in [0.4, 0.5) is 4.39 Å². The Morgan fingerprint density at radius 1 is 1.17 bits per heavy atom. The van der Waals surface area contributed by atoms with Crippen LogP contribution in [0.2, 0.25) is 0 Å². The van der Waals surface area contributed by atoms with Gasteiger partial charge in [0.15, 0.2) is 11.5 Å². The second-order valence-electron chi connectivity index (χ2n) is 4.66. The summed E-state index contributed by atoms with van der Waals surface area (Å²) in [5.74, 6) is -0.00139. The molecule has 0 atom stereocenters. The number of rotatable bonds is 7. The van der Waals surface area contributed by atoms with E-state index in [1.165, 1.54) is 24.3 Å². The SMILES string of the molecule is CC.CCC(=O)/C(=C\C(CO)=C(C)CC)Oc1ccc(F)cc1. The third-order valence-electron chi connectivity index (χ3n) is 3.19. The molecule has 0 fully saturated rings. The van der Waals surface area contributed by atoms with Crippen LogP contribution in [0.25, 0.3) is 0 Å². The Labute approximate surface area is 138 Å². The molecule has 0 aromatic heterocycles. The molecule has 0 bridgehead atoms. The van der Waals surface area contributed by atoms with Crippen molar-refractivity contribution in [2.45, 2.75) is 47.5 Å². The molecule has 128 valence electrons. The molecule has 0 amide bonds. The van der Waals surface area contributed by atoms with E-state index in [1.807, 2.05) is 27.7 Å². The van der Waals surface area contributed by atoms with Gasteiger partial charge in [-0.2, -0.15) is 0 Å². The number of carbonyl (C=O) groups excluding carboxylic acids is 1. The van der Waals surface area contributed by atoms with E-state index in [1.54, 1.807) is 13.0 Å². The number of ether oxygens (including phenoxy) is 1. The van der Waals surface area contributed by atoms with Gasteiger partial charge < -0.3 is 9.84 Å². The third-order valence-corrected chi connectivity index (χ3v) is 3.19. The molecule has 0 saturated carbocycles. The molecule has 0 unspecified atom stereocenters. The molecule has 0 radical (unpaired) electrons. The van der Waals surface area contributed by atoms with Crippen molar-refractivity contribution in [3.8, 4) is 5.75 Å². The summed E-state index contributed by atoms with van der Waals surface area (Å²) < 4.78 is 18.4. The molecule has 1 aromatic carbocycles. The smallest absolute Gasteiger partial charge is 0.197 e. The topological polar surface area (TPSA) is 46.5 Å². The van der Waals surface area contributed by atoms with Crippen LogP contribution in [0.1, 0.15) is 47.5 Å². The van der Waals surface area contributed by atoms with Crippen LogP contribution in [-0.4, -0.2) is 17.5 Å². The normalized spacial score (nSPS) is 12.0. The fourth-order valence-electron chi connectivity index (χ4n) is 1.66. The maximum Gasteiger partial charge on any atom is 0.197 e. The Morgan fingerprint density at radius 3 is 2.17 bits per heavy atom. The predicted molar refractivity (Wildman–Crippen MR) is 91.8 cm³/mol. The van der Waals surface area contributed by atoms with Gasteiger partial charge in [-0.3, -0.25) is 4.79 Å².